The molecular formula is C13H16N2O5S. The molecule has 0 N–H and O–H groups in total. The summed E-state index contributed by atoms with van der Waals surface area (Å²) < 4.78 is 4.75. The predicted octanol–water partition coefficient (Wildman–Crippen LogP) is 1.95. The third-order valence-electron chi connectivity index (χ3n) is 2.64. The molecule has 114 valence electrons. The zero-order valence-electron chi connectivity index (χ0n) is 12.0. The van der Waals surface area contributed by atoms with Crippen LogP contribution in [0, 0.1) is 10.1 Å². The number of nitro groups is 1. The molecule has 1 rings (SSSR count). The van der Waals surface area contributed by atoms with E-state index in [4.69, 9.17) is 4.74 Å². The normalized spacial score (nSPS) is 10.0. The second-order valence-corrected chi connectivity index (χ2v) is 4.96. The Labute approximate surface area is 126 Å². The Bertz CT molecular complexity index is 561. The van der Waals surface area contributed by atoms with E-state index < -0.39 is 16.8 Å². The van der Waals surface area contributed by atoms with E-state index in [2.05, 4.69) is 0 Å². The average Bonchev–Trinajstić information content (AvgIpc) is 2.45. The maximum Gasteiger partial charge on any atom is 0.325 e. The first-order valence-corrected chi connectivity index (χ1v) is 7.36. The Balaban J connectivity index is 2.94. The molecule has 0 saturated carbocycles. The molecule has 8 heteroatoms. The molecule has 0 spiro atoms. The number of thioether (sulfide) groups is 1. The first-order valence-electron chi connectivity index (χ1n) is 6.14. The lowest BCUT2D eigenvalue weighted by molar-refractivity contribution is -0.387. The van der Waals surface area contributed by atoms with Crippen molar-refractivity contribution >= 4 is 29.3 Å². The average molecular weight is 312 g/mol. The summed E-state index contributed by atoms with van der Waals surface area (Å²) >= 11 is 1.23. The molecule has 0 saturated heterocycles. The van der Waals surface area contributed by atoms with Crippen LogP contribution < -0.4 is 0 Å². The standard InChI is InChI=1S/C13H16N2O5S/c1-4-20-12(16)8-14(2)13(17)9-5-6-11(21-3)10(7-9)15(18)19/h5-7H,4,8H2,1-3H3. The number of nitro benzene ring substituents is 1. The van der Waals surface area contributed by atoms with Crippen LogP contribution in [0.25, 0.3) is 0 Å². The molecule has 0 aliphatic rings. The second-order valence-electron chi connectivity index (χ2n) is 4.11. The fourth-order valence-corrected chi connectivity index (χ4v) is 2.20. The van der Waals surface area contributed by atoms with Crippen molar-refractivity contribution in [2.75, 3.05) is 26.5 Å². The number of carbonyl (C=O) groups is 2. The Kier molecular flexibility index (Phi) is 6.16. The van der Waals surface area contributed by atoms with E-state index in [0.717, 1.165) is 4.90 Å². The zero-order chi connectivity index (χ0) is 16.0. The number of hydrogen-bond donors (Lipinski definition) is 0. The number of ether oxygens (including phenoxy) is 1. The van der Waals surface area contributed by atoms with Gasteiger partial charge in [-0.3, -0.25) is 19.7 Å². The van der Waals surface area contributed by atoms with Crippen LogP contribution in [-0.2, 0) is 9.53 Å². The Morgan fingerprint density at radius 1 is 1.43 bits per heavy atom. The van der Waals surface area contributed by atoms with Crippen molar-refractivity contribution in [3.05, 3.63) is 33.9 Å². The number of esters is 1. The van der Waals surface area contributed by atoms with Crippen molar-refractivity contribution in [1.29, 1.82) is 0 Å². The highest BCUT2D eigenvalue weighted by atomic mass is 32.2. The largest absolute Gasteiger partial charge is 0.465 e. The fourth-order valence-electron chi connectivity index (χ4n) is 1.66. The summed E-state index contributed by atoms with van der Waals surface area (Å²) in [5, 5.41) is 11.0. The predicted molar refractivity (Wildman–Crippen MR) is 78.5 cm³/mol. The van der Waals surface area contributed by atoms with Crippen LogP contribution in [-0.4, -0.2) is 48.2 Å². The van der Waals surface area contributed by atoms with Gasteiger partial charge in [-0.15, -0.1) is 11.8 Å². The molecule has 21 heavy (non-hydrogen) atoms. The molecule has 1 aromatic carbocycles. The minimum atomic E-state index is -0.534. The second kappa shape index (κ2) is 7.63. The summed E-state index contributed by atoms with van der Waals surface area (Å²) in [5.74, 6) is -0.998. The number of likely N-dealkylation sites (N-methyl/N-ethyl adjacent to an activating group) is 1. The van der Waals surface area contributed by atoms with Gasteiger partial charge in [0.05, 0.1) is 16.4 Å². The fraction of sp³-hybridized carbons (Fsp3) is 0.385. The summed E-state index contributed by atoms with van der Waals surface area (Å²) in [6.07, 6.45) is 1.72. The van der Waals surface area contributed by atoms with Crippen LogP contribution in [0.15, 0.2) is 23.1 Å². The third kappa shape index (κ3) is 4.45. The lowest BCUT2D eigenvalue weighted by Crippen LogP contribution is -2.33. The summed E-state index contributed by atoms with van der Waals surface area (Å²) in [6.45, 7) is 1.70. The highest BCUT2D eigenvalue weighted by Crippen LogP contribution is 2.28. The number of amides is 1. The minimum Gasteiger partial charge on any atom is -0.465 e. The van der Waals surface area contributed by atoms with Crippen molar-refractivity contribution in [2.45, 2.75) is 11.8 Å². The minimum absolute atomic E-state index is 0.127. The van der Waals surface area contributed by atoms with Gasteiger partial charge >= 0.3 is 5.97 Å². The molecule has 0 heterocycles. The zero-order valence-corrected chi connectivity index (χ0v) is 12.8. The maximum atomic E-state index is 12.1. The Morgan fingerprint density at radius 2 is 2.10 bits per heavy atom. The van der Waals surface area contributed by atoms with Gasteiger partial charge in [-0.1, -0.05) is 0 Å². The summed E-state index contributed by atoms with van der Waals surface area (Å²) in [6, 6.07) is 4.24. The van der Waals surface area contributed by atoms with E-state index >= 15 is 0 Å². The van der Waals surface area contributed by atoms with Gasteiger partial charge in [0.25, 0.3) is 11.6 Å². The monoisotopic (exact) mass is 312 g/mol. The van der Waals surface area contributed by atoms with Crippen LogP contribution in [0.3, 0.4) is 0 Å². The highest BCUT2D eigenvalue weighted by Gasteiger charge is 2.20. The summed E-state index contributed by atoms with van der Waals surface area (Å²) in [5.41, 5.74) is 0.0317. The van der Waals surface area contributed by atoms with E-state index in [0.29, 0.717) is 4.90 Å². The number of nitrogens with zero attached hydrogens (tertiary/aromatic N) is 2. The molecular weight excluding hydrogens is 296 g/mol. The molecule has 1 aromatic rings. The molecule has 0 aliphatic carbocycles. The molecule has 1 amide bonds. The lowest BCUT2D eigenvalue weighted by atomic mass is 10.2. The summed E-state index contributed by atoms with van der Waals surface area (Å²) in [7, 11) is 1.44. The Morgan fingerprint density at radius 3 is 2.62 bits per heavy atom. The molecule has 0 aliphatic heterocycles. The molecule has 0 unspecified atom stereocenters. The van der Waals surface area contributed by atoms with Gasteiger partial charge < -0.3 is 9.64 Å². The van der Waals surface area contributed by atoms with Gasteiger partial charge in [0, 0.05) is 18.7 Å². The van der Waals surface area contributed by atoms with E-state index in [9.17, 15) is 19.7 Å². The molecule has 0 fully saturated rings. The van der Waals surface area contributed by atoms with Crippen LogP contribution in [0.5, 0.6) is 0 Å². The number of rotatable bonds is 6. The number of hydrogen-bond acceptors (Lipinski definition) is 6. The third-order valence-corrected chi connectivity index (χ3v) is 3.43. The van der Waals surface area contributed by atoms with Crippen molar-refractivity contribution in [2.24, 2.45) is 0 Å². The smallest absolute Gasteiger partial charge is 0.325 e. The molecule has 0 atom stereocenters. The first-order chi connectivity index (χ1) is 9.90. The maximum absolute atomic E-state index is 12.1. The van der Waals surface area contributed by atoms with Crippen molar-refractivity contribution in [1.82, 2.24) is 4.90 Å². The van der Waals surface area contributed by atoms with Gasteiger partial charge in [-0.2, -0.15) is 0 Å². The van der Waals surface area contributed by atoms with E-state index in [1.807, 2.05) is 0 Å². The van der Waals surface area contributed by atoms with Gasteiger partial charge in [-0.05, 0) is 25.3 Å². The number of carbonyl (C=O) groups excluding carboxylic acids is 2. The highest BCUT2D eigenvalue weighted by molar-refractivity contribution is 7.98. The lowest BCUT2D eigenvalue weighted by Gasteiger charge is -2.16. The van der Waals surface area contributed by atoms with Crippen molar-refractivity contribution in [3.63, 3.8) is 0 Å². The molecule has 0 radical (unpaired) electrons. The van der Waals surface area contributed by atoms with E-state index in [1.165, 1.54) is 37.0 Å². The number of benzene rings is 1. The van der Waals surface area contributed by atoms with Gasteiger partial charge in [-0.25, -0.2) is 0 Å². The van der Waals surface area contributed by atoms with E-state index in [1.54, 1.807) is 13.2 Å². The first kappa shape index (κ1) is 17.0. The summed E-state index contributed by atoms with van der Waals surface area (Å²) in [4.78, 5) is 35.6. The van der Waals surface area contributed by atoms with Crippen LogP contribution in [0.4, 0.5) is 5.69 Å². The van der Waals surface area contributed by atoms with Crippen LogP contribution in [0.2, 0.25) is 0 Å². The van der Waals surface area contributed by atoms with Gasteiger partial charge in [0.2, 0.25) is 0 Å². The van der Waals surface area contributed by atoms with Crippen LogP contribution in [0.1, 0.15) is 17.3 Å². The van der Waals surface area contributed by atoms with Crippen molar-refractivity contribution in [3.8, 4) is 0 Å². The quantitative estimate of drug-likeness (QED) is 0.345. The van der Waals surface area contributed by atoms with Crippen molar-refractivity contribution < 1.29 is 19.2 Å². The van der Waals surface area contributed by atoms with E-state index in [-0.39, 0.29) is 24.4 Å². The van der Waals surface area contributed by atoms with Gasteiger partial charge in [0.1, 0.15) is 6.54 Å². The SMILES string of the molecule is CCOC(=O)CN(C)C(=O)c1ccc(SC)c([N+](=O)[O-])c1. The topological polar surface area (TPSA) is 89.8 Å². The molecule has 0 aromatic heterocycles. The Hall–Kier alpha value is -2.09. The molecule has 7 nitrogen and oxygen atoms in total. The van der Waals surface area contributed by atoms with Gasteiger partial charge in [0.15, 0.2) is 0 Å². The van der Waals surface area contributed by atoms with Crippen LogP contribution >= 0.6 is 11.8 Å². The molecule has 0 bridgehead atoms.